The molecule has 2 aliphatic rings. The molecule has 1 aliphatic heterocycles. The predicted molar refractivity (Wildman–Crippen MR) is 117 cm³/mol. The van der Waals surface area contributed by atoms with Crippen molar-refractivity contribution in [3.63, 3.8) is 0 Å². The smallest absolute Gasteiger partial charge is 0.325 e. The summed E-state index contributed by atoms with van der Waals surface area (Å²) < 4.78 is 10.4. The number of nitrogens with one attached hydrogen (secondary N) is 1. The Balaban J connectivity index is 1.68. The Hall–Kier alpha value is -1.66. The molecular formula is C24H39NO5. The molecule has 5 atom stereocenters. The van der Waals surface area contributed by atoms with Crippen molar-refractivity contribution in [2.45, 2.75) is 76.9 Å². The highest BCUT2D eigenvalue weighted by atomic mass is 16.5. The van der Waals surface area contributed by atoms with E-state index in [1.165, 1.54) is 20.0 Å². The molecular weight excluding hydrogens is 382 g/mol. The number of amides is 1. The van der Waals surface area contributed by atoms with E-state index in [1.807, 2.05) is 6.08 Å². The number of carbonyl (C=O) groups is 2. The fourth-order valence-corrected chi connectivity index (χ4v) is 4.49. The van der Waals surface area contributed by atoms with Crippen LogP contribution in [0.2, 0.25) is 0 Å². The maximum Gasteiger partial charge on any atom is 0.325 e. The third-order valence-electron chi connectivity index (χ3n) is 6.25. The first kappa shape index (κ1) is 24.6. The van der Waals surface area contributed by atoms with E-state index < -0.39 is 5.97 Å². The minimum absolute atomic E-state index is 0.0698. The zero-order valence-electron chi connectivity index (χ0n) is 18.6. The first-order valence-electron chi connectivity index (χ1n) is 11.5. The van der Waals surface area contributed by atoms with Crippen LogP contribution in [0.1, 0.15) is 64.7 Å². The fourth-order valence-electron chi connectivity index (χ4n) is 4.49. The van der Waals surface area contributed by atoms with Gasteiger partial charge < -0.3 is 19.9 Å². The first-order valence-corrected chi connectivity index (χ1v) is 11.5. The van der Waals surface area contributed by atoms with Crippen LogP contribution in [-0.4, -0.2) is 49.5 Å². The van der Waals surface area contributed by atoms with Crippen LogP contribution < -0.4 is 5.32 Å². The van der Waals surface area contributed by atoms with Crippen LogP contribution in [-0.2, 0) is 19.1 Å². The maximum absolute atomic E-state index is 11.7. The van der Waals surface area contributed by atoms with Gasteiger partial charge in [0.25, 0.3) is 0 Å². The number of hydrogen-bond acceptors (Lipinski definition) is 5. The molecule has 0 aromatic heterocycles. The van der Waals surface area contributed by atoms with Crippen LogP contribution in [0.3, 0.4) is 0 Å². The van der Waals surface area contributed by atoms with Gasteiger partial charge in [0.2, 0.25) is 5.91 Å². The van der Waals surface area contributed by atoms with Gasteiger partial charge in [0.05, 0.1) is 25.9 Å². The average Bonchev–Trinajstić information content (AvgIpc) is 3.35. The summed E-state index contributed by atoms with van der Waals surface area (Å²) in [4.78, 5) is 22.7. The van der Waals surface area contributed by atoms with Gasteiger partial charge in [-0.1, -0.05) is 50.5 Å². The van der Waals surface area contributed by atoms with E-state index >= 15 is 0 Å². The Labute approximate surface area is 181 Å². The molecule has 2 N–H and O–H groups in total. The van der Waals surface area contributed by atoms with E-state index in [4.69, 9.17) is 4.74 Å². The molecule has 30 heavy (non-hydrogen) atoms. The van der Waals surface area contributed by atoms with Gasteiger partial charge >= 0.3 is 5.97 Å². The summed E-state index contributed by atoms with van der Waals surface area (Å²) in [7, 11) is 1.30. The van der Waals surface area contributed by atoms with Gasteiger partial charge in [0.1, 0.15) is 6.54 Å². The van der Waals surface area contributed by atoms with Crippen LogP contribution in [0.15, 0.2) is 24.3 Å². The summed E-state index contributed by atoms with van der Waals surface area (Å²) >= 11 is 0. The minimum Gasteiger partial charge on any atom is -0.468 e. The van der Waals surface area contributed by atoms with Crippen molar-refractivity contribution in [3.8, 4) is 0 Å². The van der Waals surface area contributed by atoms with E-state index in [-0.39, 0.29) is 18.6 Å². The summed E-state index contributed by atoms with van der Waals surface area (Å²) in [5.41, 5.74) is 0. The van der Waals surface area contributed by atoms with Crippen molar-refractivity contribution < 1.29 is 24.2 Å². The normalized spacial score (nSPS) is 26.5. The van der Waals surface area contributed by atoms with Crippen LogP contribution >= 0.6 is 0 Å². The van der Waals surface area contributed by atoms with Gasteiger partial charge in [-0.2, -0.15) is 0 Å². The number of unbranched alkanes of at least 4 members (excludes halogenated alkanes) is 3. The first-order chi connectivity index (χ1) is 14.5. The second-order valence-electron chi connectivity index (χ2n) is 8.51. The van der Waals surface area contributed by atoms with Crippen molar-refractivity contribution in [1.82, 2.24) is 5.32 Å². The molecule has 1 aliphatic carbocycles. The number of rotatable bonds is 14. The molecule has 6 nitrogen and oxygen atoms in total. The molecule has 2 bridgehead atoms. The van der Waals surface area contributed by atoms with Crippen LogP contribution in [0.4, 0.5) is 0 Å². The van der Waals surface area contributed by atoms with Gasteiger partial charge in [0.15, 0.2) is 0 Å². The fraction of sp³-hybridized carbons (Fsp3) is 0.750. The predicted octanol–water partition coefficient (Wildman–Crippen LogP) is 3.54. The largest absolute Gasteiger partial charge is 0.468 e. The standard InChI is InChI=1S/C24H39NO5/c1-3-4-7-10-19(26)13-14-21-20(18-15-22(21)30-17-18)11-8-5-6-9-12-23(27)25-16-24(28)29-2/h5,8,13-14,18-22,26H,3-4,6-7,9-12,15-17H2,1-2H3,(H,25,27)/b8-5-,14-13+/t18-,19+,20+,21-,22-/m1/s1. The van der Waals surface area contributed by atoms with Gasteiger partial charge in [-0.15, -0.1) is 0 Å². The highest BCUT2D eigenvalue weighted by Gasteiger charge is 2.46. The molecule has 0 spiro atoms. The summed E-state index contributed by atoms with van der Waals surface area (Å²) in [5, 5.41) is 12.7. The number of allylic oxidation sites excluding steroid dienone is 2. The molecule has 2 fully saturated rings. The molecule has 1 amide bonds. The third kappa shape index (κ3) is 8.23. The number of esters is 1. The molecule has 0 unspecified atom stereocenters. The van der Waals surface area contributed by atoms with Gasteiger partial charge in [-0.25, -0.2) is 0 Å². The molecule has 2 rings (SSSR count). The average molecular weight is 422 g/mol. The monoisotopic (exact) mass is 421 g/mol. The lowest BCUT2D eigenvalue weighted by Crippen LogP contribution is -2.29. The molecule has 0 radical (unpaired) electrons. The zero-order valence-corrected chi connectivity index (χ0v) is 18.6. The van der Waals surface area contributed by atoms with Crippen molar-refractivity contribution in [3.05, 3.63) is 24.3 Å². The number of carbonyl (C=O) groups excluding carboxylic acids is 2. The molecule has 1 saturated heterocycles. The summed E-state index contributed by atoms with van der Waals surface area (Å²) in [6, 6.07) is 0. The third-order valence-corrected chi connectivity index (χ3v) is 6.25. The van der Waals surface area contributed by atoms with Gasteiger partial charge in [-0.05, 0) is 43.9 Å². The number of methoxy groups -OCH3 is 1. The van der Waals surface area contributed by atoms with Crippen LogP contribution in [0, 0.1) is 17.8 Å². The van der Waals surface area contributed by atoms with Gasteiger partial charge in [-0.3, -0.25) is 9.59 Å². The molecule has 6 heteroatoms. The lowest BCUT2D eigenvalue weighted by molar-refractivity contribution is -0.141. The topological polar surface area (TPSA) is 84.9 Å². The minimum atomic E-state index is -0.435. The molecule has 0 aromatic carbocycles. The van der Waals surface area contributed by atoms with Crippen molar-refractivity contribution >= 4 is 11.9 Å². The SMILES string of the molecule is CCCCC[C@H](O)/C=C/[C@@H]1[C@@H](C/C=C\CCCC(=O)NCC(=O)OC)[C@H]2CO[C@@H]1C2. The summed E-state index contributed by atoms with van der Waals surface area (Å²) in [5.74, 6) is 1.01. The van der Waals surface area contributed by atoms with E-state index in [9.17, 15) is 14.7 Å². The summed E-state index contributed by atoms with van der Waals surface area (Å²) in [6.45, 7) is 2.96. The number of aliphatic hydroxyl groups excluding tert-OH is 1. The zero-order chi connectivity index (χ0) is 21.8. The molecule has 0 aromatic rings. The van der Waals surface area contributed by atoms with E-state index in [1.54, 1.807) is 0 Å². The van der Waals surface area contributed by atoms with E-state index in [0.717, 1.165) is 45.1 Å². The van der Waals surface area contributed by atoms with E-state index in [2.05, 4.69) is 35.2 Å². The van der Waals surface area contributed by atoms with Crippen molar-refractivity contribution in [1.29, 1.82) is 0 Å². The Kier molecular flexibility index (Phi) is 11.2. The lowest BCUT2D eigenvalue weighted by atomic mass is 9.84. The Morgan fingerprint density at radius 3 is 2.87 bits per heavy atom. The highest BCUT2D eigenvalue weighted by Crippen LogP contribution is 2.47. The van der Waals surface area contributed by atoms with Crippen molar-refractivity contribution in [2.24, 2.45) is 17.8 Å². The van der Waals surface area contributed by atoms with Crippen molar-refractivity contribution in [2.75, 3.05) is 20.3 Å². The van der Waals surface area contributed by atoms with Crippen LogP contribution in [0.5, 0.6) is 0 Å². The molecule has 170 valence electrons. The second-order valence-corrected chi connectivity index (χ2v) is 8.51. The maximum atomic E-state index is 11.7. The second kappa shape index (κ2) is 13.6. The number of ether oxygens (including phenoxy) is 2. The van der Waals surface area contributed by atoms with Gasteiger partial charge in [0, 0.05) is 12.3 Å². The molecule has 1 heterocycles. The number of hydrogen-bond donors (Lipinski definition) is 2. The Morgan fingerprint density at radius 2 is 2.10 bits per heavy atom. The number of aliphatic hydroxyl groups is 1. The molecule has 1 saturated carbocycles. The summed E-state index contributed by atoms with van der Waals surface area (Å²) in [6.07, 6.45) is 16.9. The Morgan fingerprint density at radius 1 is 1.27 bits per heavy atom. The Bertz CT molecular complexity index is 588. The van der Waals surface area contributed by atoms with E-state index in [0.29, 0.717) is 30.3 Å². The van der Waals surface area contributed by atoms with Crippen LogP contribution in [0.25, 0.3) is 0 Å². The quantitative estimate of drug-likeness (QED) is 0.255. The number of fused-ring (bicyclic) bond motifs is 2. The lowest BCUT2D eigenvalue weighted by Gasteiger charge is -2.28. The highest BCUT2D eigenvalue weighted by molar-refractivity contribution is 5.81.